The van der Waals surface area contributed by atoms with Gasteiger partial charge < -0.3 is 25.2 Å². The number of primary amides is 1. The molecule has 0 aliphatic carbocycles. The second-order valence-corrected chi connectivity index (χ2v) is 7.70. The van der Waals surface area contributed by atoms with Gasteiger partial charge in [0.05, 0.1) is 5.69 Å². The molecule has 1 aromatic heterocycles. The lowest BCUT2D eigenvalue weighted by Gasteiger charge is -2.35. The Hall–Kier alpha value is -1.93. The molecule has 0 radical (unpaired) electrons. The Morgan fingerprint density at radius 3 is 2.81 bits per heavy atom. The van der Waals surface area contributed by atoms with E-state index in [0.29, 0.717) is 50.8 Å². The maximum absolute atomic E-state index is 12.8. The third-order valence-corrected chi connectivity index (χ3v) is 5.82. The highest BCUT2D eigenvalue weighted by atomic mass is 16.5. The van der Waals surface area contributed by atoms with Crippen LogP contribution >= 0.6 is 0 Å². The standard InChI is InChI=1S/C19H30N4O4/c1-26-12-17-10-16(22-27-17)8-15-11-21-5-2-14(15)9-18(24)23-6-3-13(4-7-23)19(20)25/h10,13-15,21H,2-9,11-12H2,1H3,(H2,20,25). The molecule has 0 spiro atoms. The molecule has 0 aromatic carbocycles. The molecule has 0 saturated carbocycles. The van der Waals surface area contributed by atoms with Gasteiger partial charge in [-0.25, -0.2) is 0 Å². The average Bonchev–Trinajstić information content (AvgIpc) is 3.11. The topological polar surface area (TPSA) is 111 Å². The molecule has 2 amide bonds. The first-order valence-electron chi connectivity index (χ1n) is 9.78. The number of amides is 2. The molecule has 2 unspecified atom stereocenters. The Morgan fingerprint density at radius 2 is 2.11 bits per heavy atom. The predicted octanol–water partition coefficient (Wildman–Crippen LogP) is 0.703. The van der Waals surface area contributed by atoms with Gasteiger partial charge >= 0.3 is 0 Å². The van der Waals surface area contributed by atoms with Gasteiger partial charge in [0, 0.05) is 38.6 Å². The summed E-state index contributed by atoms with van der Waals surface area (Å²) in [5.41, 5.74) is 6.29. The van der Waals surface area contributed by atoms with E-state index >= 15 is 0 Å². The molecule has 2 atom stereocenters. The van der Waals surface area contributed by atoms with Gasteiger partial charge in [0.25, 0.3) is 0 Å². The van der Waals surface area contributed by atoms with Crippen molar-refractivity contribution in [3.63, 3.8) is 0 Å². The van der Waals surface area contributed by atoms with Crippen LogP contribution in [-0.4, -0.2) is 55.2 Å². The normalized spacial score (nSPS) is 24.1. The molecule has 8 heteroatoms. The number of nitrogens with two attached hydrogens (primary N) is 1. The smallest absolute Gasteiger partial charge is 0.222 e. The van der Waals surface area contributed by atoms with E-state index in [0.717, 1.165) is 37.4 Å². The van der Waals surface area contributed by atoms with E-state index in [2.05, 4.69) is 10.5 Å². The molecule has 27 heavy (non-hydrogen) atoms. The van der Waals surface area contributed by atoms with Crippen molar-refractivity contribution in [2.45, 2.75) is 38.7 Å². The SMILES string of the molecule is COCc1cc(CC2CNCCC2CC(=O)N2CCC(C(N)=O)CC2)no1. The molecule has 3 N–H and O–H groups in total. The summed E-state index contributed by atoms with van der Waals surface area (Å²) in [4.78, 5) is 26.0. The van der Waals surface area contributed by atoms with E-state index in [1.165, 1.54) is 0 Å². The lowest BCUT2D eigenvalue weighted by molar-refractivity contribution is -0.136. The van der Waals surface area contributed by atoms with Gasteiger partial charge in [0.2, 0.25) is 11.8 Å². The third kappa shape index (κ3) is 5.29. The van der Waals surface area contributed by atoms with E-state index in [9.17, 15) is 9.59 Å². The molecule has 2 fully saturated rings. The highest BCUT2D eigenvalue weighted by molar-refractivity contribution is 5.79. The van der Waals surface area contributed by atoms with Crippen molar-refractivity contribution in [1.29, 1.82) is 0 Å². The molecule has 150 valence electrons. The van der Waals surface area contributed by atoms with Crippen molar-refractivity contribution in [3.05, 3.63) is 17.5 Å². The van der Waals surface area contributed by atoms with Crippen LogP contribution in [0.2, 0.25) is 0 Å². The fourth-order valence-electron chi connectivity index (χ4n) is 4.18. The second kappa shape index (κ2) is 9.32. The van der Waals surface area contributed by atoms with Crippen LogP contribution < -0.4 is 11.1 Å². The lowest BCUT2D eigenvalue weighted by atomic mass is 9.80. The van der Waals surface area contributed by atoms with Crippen molar-refractivity contribution in [2.24, 2.45) is 23.5 Å². The number of rotatable bonds is 7. The van der Waals surface area contributed by atoms with Gasteiger partial charge in [-0.3, -0.25) is 9.59 Å². The zero-order valence-electron chi connectivity index (χ0n) is 16.0. The second-order valence-electron chi connectivity index (χ2n) is 7.70. The molecular weight excluding hydrogens is 348 g/mol. The van der Waals surface area contributed by atoms with Crippen LogP contribution in [0.25, 0.3) is 0 Å². The zero-order chi connectivity index (χ0) is 19.2. The van der Waals surface area contributed by atoms with Gasteiger partial charge in [0.15, 0.2) is 5.76 Å². The van der Waals surface area contributed by atoms with Crippen LogP contribution in [0.15, 0.2) is 10.6 Å². The Bertz CT molecular complexity index is 639. The summed E-state index contributed by atoms with van der Waals surface area (Å²) >= 11 is 0. The van der Waals surface area contributed by atoms with Crippen molar-refractivity contribution in [1.82, 2.24) is 15.4 Å². The fraction of sp³-hybridized carbons (Fsp3) is 0.737. The Kier molecular flexibility index (Phi) is 6.84. The largest absolute Gasteiger partial charge is 0.377 e. The van der Waals surface area contributed by atoms with Crippen LogP contribution in [0.5, 0.6) is 0 Å². The number of nitrogens with one attached hydrogen (secondary N) is 1. The lowest BCUT2D eigenvalue weighted by Crippen LogP contribution is -2.44. The number of ether oxygens (including phenoxy) is 1. The minimum Gasteiger partial charge on any atom is -0.377 e. The molecule has 2 aliphatic rings. The molecular formula is C19H30N4O4. The third-order valence-electron chi connectivity index (χ3n) is 5.82. The van der Waals surface area contributed by atoms with Crippen molar-refractivity contribution < 1.29 is 18.8 Å². The van der Waals surface area contributed by atoms with Gasteiger partial charge in [0.1, 0.15) is 6.61 Å². The van der Waals surface area contributed by atoms with Crippen molar-refractivity contribution in [2.75, 3.05) is 33.3 Å². The van der Waals surface area contributed by atoms with Crippen LogP contribution in [0.4, 0.5) is 0 Å². The van der Waals surface area contributed by atoms with Gasteiger partial charge in [-0.1, -0.05) is 5.16 Å². The molecule has 8 nitrogen and oxygen atoms in total. The number of carbonyl (C=O) groups excluding carboxylic acids is 2. The van der Waals surface area contributed by atoms with Crippen LogP contribution in [-0.2, 0) is 27.4 Å². The summed E-state index contributed by atoms with van der Waals surface area (Å²) in [6.07, 6.45) is 3.69. The maximum Gasteiger partial charge on any atom is 0.222 e. The first-order valence-corrected chi connectivity index (χ1v) is 9.78. The Labute approximate surface area is 159 Å². The number of nitrogens with zero attached hydrogens (tertiary/aromatic N) is 2. The van der Waals surface area contributed by atoms with E-state index < -0.39 is 0 Å². The molecule has 2 aliphatic heterocycles. The molecule has 3 heterocycles. The zero-order valence-corrected chi connectivity index (χ0v) is 16.0. The van der Waals surface area contributed by atoms with E-state index in [-0.39, 0.29) is 17.7 Å². The summed E-state index contributed by atoms with van der Waals surface area (Å²) < 4.78 is 10.3. The highest BCUT2D eigenvalue weighted by Gasteiger charge is 2.31. The predicted molar refractivity (Wildman–Crippen MR) is 98.5 cm³/mol. The first-order chi connectivity index (χ1) is 13.1. The fourth-order valence-corrected chi connectivity index (χ4v) is 4.18. The molecule has 2 saturated heterocycles. The first kappa shape index (κ1) is 19.8. The number of hydrogen-bond donors (Lipinski definition) is 2. The number of carbonyl (C=O) groups is 2. The number of piperidine rings is 2. The maximum atomic E-state index is 12.8. The number of likely N-dealkylation sites (tertiary alicyclic amines) is 1. The summed E-state index contributed by atoms with van der Waals surface area (Å²) in [6, 6.07) is 1.94. The summed E-state index contributed by atoms with van der Waals surface area (Å²) in [5.74, 6) is 1.26. The van der Waals surface area contributed by atoms with Crippen LogP contribution in [0.1, 0.15) is 37.1 Å². The van der Waals surface area contributed by atoms with E-state index in [1.54, 1.807) is 7.11 Å². The summed E-state index contributed by atoms with van der Waals surface area (Å²) in [5, 5.41) is 7.56. The van der Waals surface area contributed by atoms with Crippen molar-refractivity contribution >= 4 is 11.8 Å². The van der Waals surface area contributed by atoms with Crippen LogP contribution in [0.3, 0.4) is 0 Å². The Morgan fingerprint density at radius 1 is 1.33 bits per heavy atom. The molecule has 1 aromatic rings. The van der Waals surface area contributed by atoms with Gasteiger partial charge in [-0.05, 0) is 50.6 Å². The van der Waals surface area contributed by atoms with Gasteiger partial charge in [-0.2, -0.15) is 0 Å². The van der Waals surface area contributed by atoms with E-state index in [1.807, 2.05) is 11.0 Å². The minimum absolute atomic E-state index is 0.0888. The number of aromatic nitrogens is 1. The monoisotopic (exact) mass is 378 g/mol. The van der Waals surface area contributed by atoms with Crippen molar-refractivity contribution in [3.8, 4) is 0 Å². The van der Waals surface area contributed by atoms with Gasteiger partial charge in [-0.15, -0.1) is 0 Å². The number of methoxy groups -OCH3 is 1. The Balaban J connectivity index is 1.53. The van der Waals surface area contributed by atoms with Crippen LogP contribution in [0, 0.1) is 17.8 Å². The minimum atomic E-state index is -0.249. The highest BCUT2D eigenvalue weighted by Crippen LogP contribution is 2.28. The van der Waals surface area contributed by atoms with E-state index in [4.69, 9.17) is 15.0 Å². The molecule has 3 rings (SSSR count). The summed E-state index contributed by atoms with van der Waals surface area (Å²) in [7, 11) is 1.63. The number of hydrogen-bond acceptors (Lipinski definition) is 6. The quantitative estimate of drug-likeness (QED) is 0.723. The summed E-state index contributed by atoms with van der Waals surface area (Å²) in [6.45, 7) is 3.50. The average molecular weight is 378 g/mol. The molecule has 0 bridgehead atoms.